The number of carbonyl (C=O) groups excluding carboxylic acids is 1. The van der Waals surface area contributed by atoms with Gasteiger partial charge in [0.15, 0.2) is 0 Å². The Balaban J connectivity index is 2.18. The van der Waals surface area contributed by atoms with Gasteiger partial charge in [0.1, 0.15) is 12.3 Å². The Morgan fingerprint density at radius 2 is 2.00 bits per heavy atom. The third-order valence-electron chi connectivity index (χ3n) is 3.14. The highest BCUT2D eigenvalue weighted by atomic mass is 16.6. The minimum absolute atomic E-state index is 0.00658. The Morgan fingerprint density at radius 3 is 2.61 bits per heavy atom. The first-order chi connectivity index (χ1) is 11.0. The lowest BCUT2D eigenvalue weighted by atomic mass is 10.2. The zero-order valence-corrected chi connectivity index (χ0v) is 12.3. The number of rotatable bonds is 4. The van der Waals surface area contributed by atoms with Crippen LogP contribution in [-0.4, -0.2) is 18.1 Å². The third-order valence-corrected chi connectivity index (χ3v) is 3.14. The molecule has 0 unspecified atom stereocenters. The van der Waals surface area contributed by atoms with Crippen molar-refractivity contribution in [2.75, 3.05) is 11.9 Å². The van der Waals surface area contributed by atoms with Crippen molar-refractivity contribution in [1.82, 2.24) is 0 Å². The van der Waals surface area contributed by atoms with Gasteiger partial charge >= 0.3 is 6.09 Å². The van der Waals surface area contributed by atoms with Gasteiger partial charge in [-0.2, -0.15) is 5.26 Å². The molecule has 0 radical (unpaired) electrons. The van der Waals surface area contributed by atoms with Gasteiger partial charge in [0.05, 0.1) is 16.6 Å². The van der Waals surface area contributed by atoms with Gasteiger partial charge < -0.3 is 4.74 Å². The van der Waals surface area contributed by atoms with Crippen molar-refractivity contribution in [3.8, 4) is 6.07 Å². The van der Waals surface area contributed by atoms with Crippen LogP contribution < -0.4 is 4.90 Å². The van der Waals surface area contributed by atoms with E-state index in [2.05, 4.69) is 0 Å². The van der Waals surface area contributed by atoms with Crippen LogP contribution in [0.25, 0.3) is 0 Å². The summed E-state index contributed by atoms with van der Waals surface area (Å²) in [7, 11) is 1.36. The lowest BCUT2D eigenvalue weighted by molar-refractivity contribution is -0.384. The highest BCUT2D eigenvalue weighted by Gasteiger charge is 2.23. The number of nitro groups is 1. The van der Waals surface area contributed by atoms with Crippen LogP contribution in [0.2, 0.25) is 0 Å². The van der Waals surface area contributed by atoms with Crippen LogP contribution in [0.5, 0.6) is 0 Å². The number of ether oxygens (including phenoxy) is 1. The molecule has 2 rings (SSSR count). The first kappa shape index (κ1) is 16.0. The van der Waals surface area contributed by atoms with Crippen LogP contribution in [0.3, 0.4) is 0 Å². The third kappa shape index (κ3) is 3.83. The lowest BCUT2D eigenvalue weighted by Gasteiger charge is -2.17. The second kappa shape index (κ2) is 7.04. The number of nitrogens with zero attached hydrogens (tertiary/aromatic N) is 3. The van der Waals surface area contributed by atoms with E-state index in [1.165, 1.54) is 25.2 Å². The Morgan fingerprint density at radius 1 is 1.30 bits per heavy atom. The van der Waals surface area contributed by atoms with Gasteiger partial charge in [-0.1, -0.05) is 30.3 Å². The molecule has 0 saturated heterocycles. The average Bonchev–Trinajstić information content (AvgIpc) is 2.59. The van der Waals surface area contributed by atoms with Crippen molar-refractivity contribution < 1.29 is 14.5 Å². The van der Waals surface area contributed by atoms with Crippen LogP contribution in [-0.2, 0) is 11.3 Å². The Kier molecular flexibility index (Phi) is 4.89. The highest BCUT2D eigenvalue weighted by Crippen LogP contribution is 2.28. The molecule has 0 bridgehead atoms. The summed E-state index contributed by atoms with van der Waals surface area (Å²) < 4.78 is 5.13. The maximum atomic E-state index is 12.1. The van der Waals surface area contributed by atoms with Gasteiger partial charge in [0.2, 0.25) is 0 Å². The zero-order valence-electron chi connectivity index (χ0n) is 12.3. The van der Waals surface area contributed by atoms with Crippen molar-refractivity contribution in [3.63, 3.8) is 0 Å². The zero-order chi connectivity index (χ0) is 16.8. The number of anilines is 1. The maximum absolute atomic E-state index is 12.1. The number of hydrogen-bond acceptors (Lipinski definition) is 5. The predicted octanol–water partition coefficient (Wildman–Crippen LogP) is 3.24. The molecule has 116 valence electrons. The van der Waals surface area contributed by atoms with E-state index in [1.807, 2.05) is 24.3 Å². The minimum Gasteiger partial charge on any atom is -0.444 e. The molecule has 0 atom stereocenters. The van der Waals surface area contributed by atoms with Crippen LogP contribution in [0.1, 0.15) is 11.1 Å². The highest BCUT2D eigenvalue weighted by molar-refractivity contribution is 5.90. The number of amides is 1. The molecule has 0 fully saturated rings. The van der Waals surface area contributed by atoms with Crippen molar-refractivity contribution >= 4 is 17.5 Å². The molecular weight excluding hydrogens is 298 g/mol. The van der Waals surface area contributed by atoms with E-state index in [-0.39, 0.29) is 23.5 Å². The fourth-order valence-electron chi connectivity index (χ4n) is 1.93. The average molecular weight is 311 g/mol. The van der Waals surface area contributed by atoms with Gasteiger partial charge in [0.25, 0.3) is 5.69 Å². The smallest absolute Gasteiger partial charge is 0.414 e. The molecule has 0 aliphatic carbocycles. The minimum atomic E-state index is -0.743. The molecular formula is C16H13N3O4. The normalized spacial score (nSPS) is 9.74. The van der Waals surface area contributed by atoms with Crippen molar-refractivity contribution in [2.45, 2.75) is 6.61 Å². The summed E-state index contributed by atoms with van der Waals surface area (Å²) in [6.07, 6.45) is -0.743. The van der Waals surface area contributed by atoms with Gasteiger partial charge in [-0.15, -0.1) is 0 Å². The first-order valence-corrected chi connectivity index (χ1v) is 6.66. The molecule has 0 saturated carbocycles. The second-order valence-corrected chi connectivity index (χ2v) is 4.67. The van der Waals surface area contributed by atoms with Gasteiger partial charge in [0, 0.05) is 13.1 Å². The molecule has 23 heavy (non-hydrogen) atoms. The fraction of sp³-hybridized carbons (Fsp3) is 0.125. The summed E-state index contributed by atoms with van der Waals surface area (Å²) in [5.41, 5.74) is 0.748. The SMILES string of the molecule is CN(C(=O)OCc1ccccc1)c1cc(C#N)ccc1[N+](=O)[O-]. The number of nitriles is 1. The van der Waals surface area contributed by atoms with E-state index in [9.17, 15) is 14.9 Å². The number of nitro benzene ring substituents is 1. The number of carbonyl (C=O) groups is 1. The van der Waals surface area contributed by atoms with Crippen molar-refractivity contribution in [1.29, 1.82) is 5.26 Å². The molecule has 1 amide bonds. The molecule has 7 heteroatoms. The molecule has 2 aromatic rings. The van der Waals surface area contributed by atoms with Crippen LogP contribution in [0.4, 0.5) is 16.2 Å². The van der Waals surface area contributed by atoms with Crippen LogP contribution in [0, 0.1) is 21.4 Å². The van der Waals surface area contributed by atoms with Crippen LogP contribution in [0.15, 0.2) is 48.5 Å². The Labute approximate surface area is 132 Å². The first-order valence-electron chi connectivity index (χ1n) is 6.66. The van der Waals surface area contributed by atoms with Crippen LogP contribution >= 0.6 is 0 Å². The van der Waals surface area contributed by atoms with Crippen molar-refractivity contribution in [2.24, 2.45) is 0 Å². The maximum Gasteiger partial charge on any atom is 0.414 e. The van der Waals surface area contributed by atoms with Gasteiger partial charge in [-0.3, -0.25) is 15.0 Å². The predicted molar refractivity (Wildman–Crippen MR) is 82.8 cm³/mol. The van der Waals surface area contributed by atoms with E-state index in [0.717, 1.165) is 10.5 Å². The molecule has 0 aromatic heterocycles. The summed E-state index contributed by atoms with van der Waals surface area (Å²) in [6.45, 7) is 0.0513. The monoisotopic (exact) mass is 311 g/mol. The summed E-state index contributed by atoms with van der Waals surface area (Å²) in [6, 6.07) is 14.7. The van der Waals surface area contributed by atoms with Gasteiger partial charge in [-0.25, -0.2) is 4.79 Å². The van der Waals surface area contributed by atoms with E-state index in [0.29, 0.717) is 0 Å². The summed E-state index contributed by atoms with van der Waals surface area (Å²) in [5, 5.41) is 20.0. The van der Waals surface area contributed by atoms with Gasteiger partial charge in [-0.05, 0) is 17.7 Å². The molecule has 0 aliphatic heterocycles. The molecule has 0 spiro atoms. The summed E-state index contributed by atoms with van der Waals surface area (Å²) in [4.78, 5) is 23.6. The lowest BCUT2D eigenvalue weighted by Crippen LogP contribution is -2.27. The summed E-state index contributed by atoms with van der Waals surface area (Å²) >= 11 is 0. The Bertz CT molecular complexity index is 769. The van der Waals surface area contributed by atoms with E-state index >= 15 is 0 Å². The van der Waals surface area contributed by atoms with E-state index < -0.39 is 11.0 Å². The topological polar surface area (TPSA) is 96.5 Å². The molecule has 0 heterocycles. The standard InChI is InChI=1S/C16H13N3O4/c1-18(16(20)23-11-12-5-3-2-4-6-12)15-9-13(10-17)7-8-14(15)19(21)22/h2-9H,11H2,1H3. The Hall–Kier alpha value is -3.40. The molecule has 0 N–H and O–H groups in total. The quantitative estimate of drug-likeness (QED) is 0.638. The largest absolute Gasteiger partial charge is 0.444 e. The van der Waals surface area contributed by atoms with E-state index in [1.54, 1.807) is 12.1 Å². The number of benzene rings is 2. The summed E-state index contributed by atoms with van der Waals surface area (Å²) in [5.74, 6) is 0. The van der Waals surface area contributed by atoms with Crippen molar-refractivity contribution in [3.05, 3.63) is 69.8 Å². The van der Waals surface area contributed by atoms with E-state index in [4.69, 9.17) is 10.00 Å². The molecule has 0 aliphatic rings. The molecule has 7 nitrogen and oxygen atoms in total. The molecule has 2 aromatic carbocycles. The fourth-order valence-corrected chi connectivity index (χ4v) is 1.93. The second-order valence-electron chi connectivity index (χ2n) is 4.67. The number of hydrogen-bond donors (Lipinski definition) is 0.